The Kier molecular flexibility index (Phi) is 7.45. The first-order valence-corrected chi connectivity index (χ1v) is 15.0. The quantitative estimate of drug-likeness (QED) is 0.206. The zero-order valence-corrected chi connectivity index (χ0v) is 23.5. The van der Waals surface area contributed by atoms with Gasteiger partial charge in [-0.1, -0.05) is 37.5 Å². The van der Waals surface area contributed by atoms with Crippen molar-refractivity contribution in [2.24, 2.45) is 0 Å². The SMILES string of the molecule is O=C(O)/C=C/c1ccc(NC(=O)C2(NC(=O)c3ccc4c(c3)nc(-c3cccs3)n4C3CCCCC3)CCC2)cc1. The first-order valence-electron chi connectivity index (χ1n) is 14.1. The fraction of sp³-hybridized carbons (Fsp3) is 0.312. The molecular weight excluding hydrogens is 536 g/mol. The molecule has 2 saturated carbocycles. The van der Waals surface area contributed by atoms with Crippen molar-refractivity contribution in [3.8, 4) is 10.7 Å². The molecular formula is C32H32N4O4S. The fourth-order valence-corrected chi connectivity index (χ4v) is 6.56. The highest BCUT2D eigenvalue weighted by Gasteiger charge is 2.45. The molecule has 9 heteroatoms. The number of carboxylic acids is 1. The Bertz CT molecular complexity index is 1610. The Morgan fingerprint density at radius 3 is 2.44 bits per heavy atom. The van der Waals surface area contributed by atoms with E-state index in [0.29, 0.717) is 35.7 Å². The number of amides is 2. The molecule has 0 bridgehead atoms. The molecule has 2 aromatic heterocycles. The summed E-state index contributed by atoms with van der Waals surface area (Å²) in [7, 11) is 0. The number of hydrogen-bond acceptors (Lipinski definition) is 5. The summed E-state index contributed by atoms with van der Waals surface area (Å²) in [5.41, 5.74) is 2.62. The fourth-order valence-electron chi connectivity index (χ4n) is 5.85. The number of carboxylic acid groups (broad SMARTS) is 1. The van der Waals surface area contributed by atoms with Gasteiger partial charge >= 0.3 is 5.97 Å². The molecule has 3 N–H and O–H groups in total. The van der Waals surface area contributed by atoms with Gasteiger partial charge in [-0.15, -0.1) is 11.3 Å². The first kappa shape index (κ1) is 27.0. The molecule has 0 saturated heterocycles. The number of imidazole rings is 1. The van der Waals surface area contributed by atoms with E-state index >= 15 is 0 Å². The molecule has 0 unspecified atom stereocenters. The lowest BCUT2D eigenvalue weighted by Gasteiger charge is -2.40. The van der Waals surface area contributed by atoms with Crippen molar-refractivity contribution in [1.29, 1.82) is 0 Å². The highest BCUT2D eigenvalue weighted by Crippen LogP contribution is 2.38. The van der Waals surface area contributed by atoms with Gasteiger partial charge in [0.1, 0.15) is 5.54 Å². The van der Waals surface area contributed by atoms with Crippen LogP contribution >= 0.6 is 11.3 Å². The second kappa shape index (κ2) is 11.3. The van der Waals surface area contributed by atoms with Crippen LogP contribution in [0.5, 0.6) is 0 Å². The highest BCUT2D eigenvalue weighted by atomic mass is 32.1. The van der Waals surface area contributed by atoms with Crippen molar-refractivity contribution in [3.63, 3.8) is 0 Å². The van der Waals surface area contributed by atoms with E-state index in [0.717, 1.165) is 47.1 Å². The molecule has 2 aliphatic rings. The number of hydrogen-bond donors (Lipinski definition) is 3. The molecule has 210 valence electrons. The van der Waals surface area contributed by atoms with Gasteiger partial charge in [0.05, 0.1) is 15.9 Å². The van der Waals surface area contributed by atoms with Gasteiger partial charge in [-0.25, -0.2) is 9.78 Å². The topological polar surface area (TPSA) is 113 Å². The summed E-state index contributed by atoms with van der Waals surface area (Å²) >= 11 is 1.67. The Hall–Kier alpha value is -4.24. The van der Waals surface area contributed by atoms with E-state index in [1.807, 2.05) is 24.3 Å². The van der Waals surface area contributed by atoms with Crippen LogP contribution in [-0.4, -0.2) is 38.0 Å². The number of anilines is 1. The van der Waals surface area contributed by atoms with E-state index in [-0.39, 0.29) is 11.8 Å². The number of aliphatic carboxylic acids is 1. The van der Waals surface area contributed by atoms with Gasteiger partial charge in [-0.2, -0.15) is 0 Å². The van der Waals surface area contributed by atoms with E-state index in [1.165, 1.54) is 25.3 Å². The number of rotatable bonds is 8. The van der Waals surface area contributed by atoms with Crippen molar-refractivity contribution in [2.45, 2.75) is 62.9 Å². The van der Waals surface area contributed by atoms with Crippen LogP contribution < -0.4 is 10.6 Å². The van der Waals surface area contributed by atoms with Gasteiger partial charge in [0.2, 0.25) is 5.91 Å². The number of nitrogens with zero attached hydrogens (tertiary/aromatic N) is 2. The van der Waals surface area contributed by atoms with Gasteiger partial charge in [0.25, 0.3) is 5.91 Å². The maximum absolute atomic E-state index is 13.5. The van der Waals surface area contributed by atoms with Gasteiger partial charge in [-0.05, 0) is 85.5 Å². The molecule has 2 amide bonds. The average Bonchev–Trinajstić information content (AvgIpc) is 3.62. The van der Waals surface area contributed by atoms with Crippen molar-refractivity contribution in [3.05, 3.63) is 77.2 Å². The summed E-state index contributed by atoms with van der Waals surface area (Å²) < 4.78 is 2.37. The largest absolute Gasteiger partial charge is 0.478 e. The Balaban J connectivity index is 1.21. The zero-order chi connectivity index (χ0) is 28.4. The Morgan fingerprint density at radius 1 is 1.00 bits per heavy atom. The number of fused-ring (bicyclic) bond motifs is 1. The van der Waals surface area contributed by atoms with E-state index < -0.39 is 11.5 Å². The van der Waals surface area contributed by atoms with Gasteiger partial charge in [0.15, 0.2) is 5.82 Å². The van der Waals surface area contributed by atoms with Crippen LogP contribution in [0.4, 0.5) is 5.69 Å². The van der Waals surface area contributed by atoms with Crippen LogP contribution in [0.15, 0.2) is 66.1 Å². The van der Waals surface area contributed by atoms with Crippen LogP contribution in [-0.2, 0) is 9.59 Å². The molecule has 2 aliphatic carbocycles. The number of benzene rings is 2. The third-order valence-electron chi connectivity index (χ3n) is 8.21. The molecule has 4 aromatic rings. The monoisotopic (exact) mass is 568 g/mol. The first-order chi connectivity index (χ1) is 19.9. The minimum atomic E-state index is -1.02. The molecule has 41 heavy (non-hydrogen) atoms. The lowest BCUT2D eigenvalue weighted by molar-refractivity contribution is -0.131. The van der Waals surface area contributed by atoms with E-state index in [9.17, 15) is 14.4 Å². The summed E-state index contributed by atoms with van der Waals surface area (Å²) in [5, 5.41) is 16.8. The third kappa shape index (κ3) is 5.54. The Morgan fingerprint density at radius 2 is 1.78 bits per heavy atom. The van der Waals surface area contributed by atoms with Crippen LogP contribution in [0.1, 0.15) is 73.3 Å². The molecule has 2 heterocycles. The average molecular weight is 569 g/mol. The summed E-state index contributed by atoms with van der Waals surface area (Å²) in [5.74, 6) is -0.613. The van der Waals surface area contributed by atoms with E-state index in [1.54, 1.807) is 35.6 Å². The number of thiophene rings is 1. The maximum Gasteiger partial charge on any atom is 0.328 e. The normalized spacial score (nSPS) is 16.9. The molecule has 6 rings (SSSR count). The third-order valence-corrected chi connectivity index (χ3v) is 9.08. The zero-order valence-electron chi connectivity index (χ0n) is 22.6. The summed E-state index contributed by atoms with van der Waals surface area (Å²) in [6.07, 6.45) is 10.5. The summed E-state index contributed by atoms with van der Waals surface area (Å²) in [6.45, 7) is 0. The number of nitrogens with one attached hydrogen (secondary N) is 2. The number of carbonyl (C=O) groups excluding carboxylic acids is 2. The van der Waals surface area contributed by atoms with Crippen LogP contribution in [0, 0.1) is 0 Å². The standard InChI is InChI=1S/C32H32N4O4S/c37-28(38)16-11-21-9-13-23(14-10-21)33-31(40)32(17-5-18-32)35-30(39)22-12-15-26-25(20-22)34-29(27-8-4-19-41-27)36(26)24-6-2-1-3-7-24/h4,8-16,19-20,24H,1-3,5-7,17-18H2,(H,33,40)(H,35,39)(H,37,38)/b16-11+. The Labute approximate surface area is 242 Å². The van der Waals surface area contributed by atoms with Gasteiger partial charge in [0, 0.05) is 23.4 Å². The summed E-state index contributed by atoms with van der Waals surface area (Å²) in [4.78, 5) is 43.6. The smallest absolute Gasteiger partial charge is 0.328 e. The molecule has 2 fully saturated rings. The van der Waals surface area contributed by atoms with Gasteiger partial charge < -0.3 is 20.3 Å². The molecule has 0 spiro atoms. The van der Waals surface area contributed by atoms with Crippen molar-refractivity contribution >= 4 is 51.9 Å². The lowest BCUT2D eigenvalue weighted by Crippen LogP contribution is -2.61. The second-order valence-corrected chi connectivity index (χ2v) is 11.9. The molecule has 8 nitrogen and oxygen atoms in total. The predicted octanol–water partition coefficient (Wildman–Crippen LogP) is 6.66. The molecule has 0 atom stereocenters. The predicted molar refractivity (Wildman–Crippen MR) is 161 cm³/mol. The molecule has 0 radical (unpaired) electrons. The lowest BCUT2D eigenvalue weighted by atomic mass is 9.75. The molecule has 2 aromatic carbocycles. The summed E-state index contributed by atoms with van der Waals surface area (Å²) in [6, 6.07) is 17.1. The van der Waals surface area contributed by atoms with E-state index in [4.69, 9.17) is 10.1 Å². The second-order valence-electron chi connectivity index (χ2n) is 10.9. The number of carbonyl (C=O) groups is 3. The number of aromatic nitrogens is 2. The minimum absolute atomic E-state index is 0.256. The van der Waals surface area contributed by atoms with Crippen molar-refractivity contribution in [2.75, 3.05) is 5.32 Å². The highest BCUT2D eigenvalue weighted by molar-refractivity contribution is 7.13. The van der Waals surface area contributed by atoms with E-state index in [2.05, 4.69) is 26.6 Å². The minimum Gasteiger partial charge on any atom is -0.478 e. The van der Waals surface area contributed by atoms with Crippen LogP contribution in [0.25, 0.3) is 27.8 Å². The van der Waals surface area contributed by atoms with Crippen molar-refractivity contribution < 1.29 is 19.5 Å². The van der Waals surface area contributed by atoms with Crippen LogP contribution in [0.3, 0.4) is 0 Å². The maximum atomic E-state index is 13.5. The van der Waals surface area contributed by atoms with Crippen molar-refractivity contribution in [1.82, 2.24) is 14.9 Å². The van der Waals surface area contributed by atoms with Gasteiger partial charge in [-0.3, -0.25) is 9.59 Å². The molecule has 0 aliphatic heterocycles. The van der Waals surface area contributed by atoms with Crippen LogP contribution in [0.2, 0.25) is 0 Å².